The number of piperazine rings is 1. The number of amides is 1. The van der Waals surface area contributed by atoms with Crippen molar-refractivity contribution in [2.45, 2.75) is 26.7 Å². The third-order valence-electron chi connectivity index (χ3n) is 4.37. The van der Waals surface area contributed by atoms with Crippen LogP contribution in [0, 0.1) is 5.92 Å². The maximum atomic E-state index is 12.0. The molecule has 5 heteroatoms. The standard InChI is InChI=1S/C19H31N3O2/c1-16(2)8-9-19(23)20-17-6-4-5-7-18(17)24-15-14-22-12-10-21(3)11-13-22/h4-7,16H,8-15H2,1-3H3,(H,20,23). The summed E-state index contributed by atoms with van der Waals surface area (Å²) in [6, 6.07) is 7.68. The Bertz CT molecular complexity index is 511. The molecule has 0 aliphatic carbocycles. The number of nitrogens with zero attached hydrogens (tertiary/aromatic N) is 2. The maximum Gasteiger partial charge on any atom is 0.224 e. The molecule has 5 nitrogen and oxygen atoms in total. The molecule has 1 amide bonds. The minimum atomic E-state index is 0.0545. The van der Waals surface area contributed by atoms with E-state index >= 15 is 0 Å². The molecule has 1 aliphatic heterocycles. The first-order valence-electron chi connectivity index (χ1n) is 8.97. The summed E-state index contributed by atoms with van der Waals surface area (Å²) in [6.45, 7) is 10.2. The lowest BCUT2D eigenvalue weighted by atomic mass is 10.1. The molecule has 0 aromatic heterocycles. The lowest BCUT2D eigenvalue weighted by molar-refractivity contribution is -0.116. The average Bonchev–Trinajstić information content (AvgIpc) is 2.56. The number of hydrogen-bond acceptors (Lipinski definition) is 4. The second-order valence-corrected chi connectivity index (χ2v) is 6.97. The van der Waals surface area contributed by atoms with Crippen molar-refractivity contribution in [3.05, 3.63) is 24.3 Å². The van der Waals surface area contributed by atoms with Gasteiger partial charge in [0.05, 0.1) is 5.69 Å². The Balaban J connectivity index is 1.79. The van der Waals surface area contributed by atoms with Crippen LogP contribution in [0.2, 0.25) is 0 Å². The zero-order valence-corrected chi connectivity index (χ0v) is 15.3. The van der Waals surface area contributed by atoms with E-state index in [1.807, 2.05) is 24.3 Å². The second-order valence-electron chi connectivity index (χ2n) is 6.97. The molecule has 1 N–H and O–H groups in total. The van der Waals surface area contributed by atoms with Crippen LogP contribution < -0.4 is 10.1 Å². The van der Waals surface area contributed by atoms with Gasteiger partial charge in [-0.3, -0.25) is 9.69 Å². The van der Waals surface area contributed by atoms with E-state index in [1.54, 1.807) is 0 Å². The number of anilines is 1. The van der Waals surface area contributed by atoms with E-state index in [-0.39, 0.29) is 5.91 Å². The van der Waals surface area contributed by atoms with Gasteiger partial charge < -0.3 is 15.0 Å². The number of para-hydroxylation sites is 2. The molecule has 1 saturated heterocycles. The first-order chi connectivity index (χ1) is 11.5. The largest absolute Gasteiger partial charge is 0.490 e. The summed E-state index contributed by atoms with van der Waals surface area (Å²) in [6.07, 6.45) is 1.45. The van der Waals surface area contributed by atoms with Crippen LogP contribution in [0.4, 0.5) is 5.69 Å². The number of hydrogen-bond donors (Lipinski definition) is 1. The van der Waals surface area contributed by atoms with Gasteiger partial charge in [-0.15, -0.1) is 0 Å². The Labute approximate surface area is 146 Å². The first kappa shape index (κ1) is 18.7. The monoisotopic (exact) mass is 333 g/mol. The highest BCUT2D eigenvalue weighted by atomic mass is 16.5. The van der Waals surface area contributed by atoms with Crippen molar-refractivity contribution in [3.63, 3.8) is 0 Å². The highest BCUT2D eigenvalue weighted by Crippen LogP contribution is 2.24. The van der Waals surface area contributed by atoms with Crippen molar-refractivity contribution >= 4 is 11.6 Å². The zero-order valence-electron chi connectivity index (χ0n) is 15.3. The van der Waals surface area contributed by atoms with E-state index in [0.717, 1.165) is 50.6 Å². The van der Waals surface area contributed by atoms with E-state index < -0.39 is 0 Å². The first-order valence-corrected chi connectivity index (χ1v) is 8.97. The highest BCUT2D eigenvalue weighted by Gasteiger charge is 2.14. The van der Waals surface area contributed by atoms with Crippen LogP contribution >= 0.6 is 0 Å². The summed E-state index contributed by atoms with van der Waals surface area (Å²) in [4.78, 5) is 16.8. The number of nitrogens with one attached hydrogen (secondary N) is 1. The van der Waals surface area contributed by atoms with Crippen molar-refractivity contribution in [2.24, 2.45) is 5.92 Å². The summed E-state index contributed by atoms with van der Waals surface area (Å²) >= 11 is 0. The summed E-state index contributed by atoms with van der Waals surface area (Å²) < 4.78 is 5.92. The van der Waals surface area contributed by atoms with Gasteiger partial charge in [-0.1, -0.05) is 26.0 Å². The molecule has 0 spiro atoms. The molecule has 24 heavy (non-hydrogen) atoms. The molecule has 0 saturated carbocycles. The maximum absolute atomic E-state index is 12.0. The lowest BCUT2D eigenvalue weighted by Gasteiger charge is -2.32. The van der Waals surface area contributed by atoms with Crippen molar-refractivity contribution in [1.82, 2.24) is 9.80 Å². The molecular formula is C19H31N3O2. The van der Waals surface area contributed by atoms with E-state index in [2.05, 4.69) is 36.0 Å². The van der Waals surface area contributed by atoms with Gasteiger partial charge >= 0.3 is 0 Å². The fourth-order valence-corrected chi connectivity index (χ4v) is 2.68. The number of benzene rings is 1. The summed E-state index contributed by atoms with van der Waals surface area (Å²) in [5.41, 5.74) is 0.768. The van der Waals surface area contributed by atoms with Crippen molar-refractivity contribution in [1.29, 1.82) is 0 Å². The fourth-order valence-electron chi connectivity index (χ4n) is 2.68. The Hall–Kier alpha value is -1.59. The van der Waals surface area contributed by atoms with Crippen molar-refractivity contribution < 1.29 is 9.53 Å². The molecule has 2 rings (SSSR count). The summed E-state index contributed by atoms with van der Waals surface area (Å²) in [7, 11) is 2.16. The quantitative estimate of drug-likeness (QED) is 0.794. The average molecular weight is 333 g/mol. The Morgan fingerprint density at radius 2 is 1.92 bits per heavy atom. The van der Waals surface area contributed by atoms with Gasteiger partial charge in [0.1, 0.15) is 12.4 Å². The summed E-state index contributed by atoms with van der Waals surface area (Å²) in [5, 5.41) is 2.98. The van der Waals surface area contributed by atoms with Crippen LogP contribution in [-0.2, 0) is 4.79 Å². The lowest BCUT2D eigenvalue weighted by Crippen LogP contribution is -2.45. The number of carbonyl (C=O) groups is 1. The van der Waals surface area contributed by atoms with Crippen LogP contribution in [0.25, 0.3) is 0 Å². The third kappa shape index (κ3) is 6.49. The van der Waals surface area contributed by atoms with Crippen LogP contribution in [0.3, 0.4) is 0 Å². The molecule has 1 aliphatic rings. The topological polar surface area (TPSA) is 44.8 Å². The molecule has 1 aromatic carbocycles. The van der Waals surface area contributed by atoms with Crippen molar-refractivity contribution in [3.8, 4) is 5.75 Å². The van der Waals surface area contributed by atoms with Gasteiger partial charge in [0.2, 0.25) is 5.91 Å². The van der Waals surface area contributed by atoms with Gasteiger partial charge in [-0.05, 0) is 31.5 Å². The molecule has 0 unspecified atom stereocenters. The third-order valence-corrected chi connectivity index (χ3v) is 4.37. The van der Waals surface area contributed by atoms with Crippen LogP contribution in [0.5, 0.6) is 5.75 Å². The predicted octanol–water partition coefficient (Wildman–Crippen LogP) is 2.69. The molecular weight excluding hydrogens is 302 g/mol. The van der Waals surface area contributed by atoms with Gasteiger partial charge in [-0.25, -0.2) is 0 Å². The minimum Gasteiger partial charge on any atom is -0.490 e. The molecule has 1 fully saturated rings. The van der Waals surface area contributed by atoms with E-state index in [9.17, 15) is 4.79 Å². The van der Waals surface area contributed by atoms with Crippen LogP contribution in [0.1, 0.15) is 26.7 Å². The van der Waals surface area contributed by atoms with Gasteiger partial charge in [-0.2, -0.15) is 0 Å². The van der Waals surface area contributed by atoms with E-state index in [1.165, 1.54) is 0 Å². The normalized spacial score (nSPS) is 16.3. The minimum absolute atomic E-state index is 0.0545. The zero-order chi connectivity index (χ0) is 17.4. The number of ether oxygens (including phenoxy) is 1. The van der Waals surface area contributed by atoms with Gasteiger partial charge in [0.15, 0.2) is 0 Å². The smallest absolute Gasteiger partial charge is 0.224 e. The Morgan fingerprint density at radius 1 is 1.21 bits per heavy atom. The number of likely N-dealkylation sites (N-methyl/N-ethyl adjacent to an activating group) is 1. The van der Waals surface area contributed by atoms with Crippen LogP contribution in [0.15, 0.2) is 24.3 Å². The van der Waals surface area contributed by atoms with E-state index in [4.69, 9.17) is 4.74 Å². The SMILES string of the molecule is CC(C)CCC(=O)Nc1ccccc1OCCN1CCN(C)CC1. The molecule has 134 valence electrons. The second kappa shape index (κ2) is 9.64. The molecule has 0 atom stereocenters. The predicted molar refractivity (Wildman–Crippen MR) is 98.6 cm³/mol. The molecule has 0 radical (unpaired) electrons. The Kier molecular flexibility index (Phi) is 7.53. The molecule has 0 bridgehead atoms. The van der Waals surface area contributed by atoms with Crippen LogP contribution in [-0.4, -0.2) is 62.1 Å². The molecule has 1 heterocycles. The van der Waals surface area contributed by atoms with Crippen molar-refractivity contribution in [2.75, 3.05) is 51.7 Å². The summed E-state index contributed by atoms with van der Waals surface area (Å²) in [5.74, 6) is 1.34. The Morgan fingerprint density at radius 3 is 2.62 bits per heavy atom. The van der Waals surface area contributed by atoms with Gasteiger partial charge in [0.25, 0.3) is 0 Å². The fraction of sp³-hybridized carbons (Fsp3) is 0.632. The van der Waals surface area contributed by atoms with E-state index in [0.29, 0.717) is 18.9 Å². The number of carbonyl (C=O) groups excluding carboxylic acids is 1. The van der Waals surface area contributed by atoms with Gasteiger partial charge in [0, 0.05) is 39.1 Å². The number of rotatable bonds is 8. The highest BCUT2D eigenvalue weighted by molar-refractivity contribution is 5.92. The molecule has 1 aromatic rings.